The monoisotopic (exact) mass is 380 g/mol. The molecule has 0 aliphatic rings. The molecule has 3 rings (SSSR count). The third-order valence-electron chi connectivity index (χ3n) is 4.93. The van der Waals surface area contributed by atoms with Crippen LogP contribution in [0.3, 0.4) is 0 Å². The van der Waals surface area contributed by atoms with Crippen molar-refractivity contribution in [3.8, 4) is 0 Å². The first kappa shape index (κ1) is 19.5. The predicted molar refractivity (Wildman–Crippen MR) is 110 cm³/mol. The lowest BCUT2D eigenvalue weighted by molar-refractivity contribution is -0.116. The summed E-state index contributed by atoms with van der Waals surface area (Å²) in [5.41, 5.74) is 3.38. The Morgan fingerprint density at radius 3 is 2.54 bits per heavy atom. The van der Waals surface area contributed by atoms with E-state index >= 15 is 0 Å². The van der Waals surface area contributed by atoms with Gasteiger partial charge in [0.25, 0.3) is 5.56 Å². The first-order chi connectivity index (χ1) is 13.2. The number of pyridine rings is 1. The molecule has 0 spiro atoms. The summed E-state index contributed by atoms with van der Waals surface area (Å²) in [7, 11) is 1.56. The largest absolute Gasteiger partial charge is 0.332 e. The van der Waals surface area contributed by atoms with E-state index in [0.29, 0.717) is 11.0 Å². The van der Waals surface area contributed by atoms with Crippen LogP contribution in [0.15, 0.2) is 33.9 Å². The van der Waals surface area contributed by atoms with Gasteiger partial charge in [0.1, 0.15) is 12.2 Å². The number of aryl methyl sites for hydroxylation is 5. The number of aromatic nitrogens is 3. The number of hydrogen-bond acceptors (Lipinski definition) is 4. The molecule has 28 heavy (non-hydrogen) atoms. The van der Waals surface area contributed by atoms with Crippen LogP contribution >= 0.6 is 0 Å². The van der Waals surface area contributed by atoms with Gasteiger partial charge in [0, 0.05) is 18.4 Å². The van der Waals surface area contributed by atoms with Crippen molar-refractivity contribution >= 4 is 22.6 Å². The number of anilines is 1. The van der Waals surface area contributed by atoms with Crippen LogP contribution in [0.2, 0.25) is 0 Å². The normalized spacial score (nSPS) is 11.0. The molecule has 0 fully saturated rings. The predicted octanol–water partition coefficient (Wildman–Crippen LogP) is 2.22. The Balaban J connectivity index is 2.05. The minimum atomic E-state index is -0.564. The molecule has 0 atom stereocenters. The van der Waals surface area contributed by atoms with E-state index in [-0.39, 0.29) is 6.54 Å². The lowest BCUT2D eigenvalue weighted by Crippen LogP contribution is -2.42. The Morgan fingerprint density at radius 1 is 1.14 bits per heavy atom. The van der Waals surface area contributed by atoms with Crippen LogP contribution in [0.4, 0.5) is 5.69 Å². The summed E-state index contributed by atoms with van der Waals surface area (Å²) in [6.45, 7) is 7.17. The van der Waals surface area contributed by atoms with Gasteiger partial charge in [-0.1, -0.05) is 25.1 Å². The van der Waals surface area contributed by atoms with Gasteiger partial charge in [-0.2, -0.15) is 0 Å². The Bertz CT molecular complexity index is 1200. The minimum Gasteiger partial charge on any atom is -0.324 e. The van der Waals surface area contributed by atoms with Gasteiger partial charge in [0.2, 0.25) is 5.91 Å². The highest BCUT2D eigenvalue weighted by Gasteiger charge is 2.17. The van der Waals surface area contributed by atoms with Crippen LogP contribution in [0.1, 0.15) is 29.3 Å². The van der Waals surface area contributed by atoms with Crippen molar-refractivity contribution in [2.24, 2.45) is 7.05 Å². The van der Waals surface area contributed by atoms with Crippen molar-refractivity contribution < 1.29 is 4.79 Å². The average Bonchev–Trinajstić information content (AvgIpc) is 2.64. The van der Waals surface area contributed by atoms with Crippen LogP contribution < -0.4 is 16.6 Å². The highest BCUT2D eigenvalue weighted by atomic mass is 16.2. The molecular weight excluding hydrogens is 356 g/mol. The van der Waals surface area contributed by atoms with Gasteiger partial charge in [0.05, 0.1) is 5.39 Å². The zero-order valence-electron chi connectivity index (χ0n) is 16.8. The summed E-state index contributed by atoms with van der Waals surface area (Å²) in [6.07, 6.45) is 0.763. The fraction of sp³-hybridized carbons (Fsp3) is 0.333. The highest BCUT2D eigenvalue weighted by molar-refractivity contribution is 5.92. The number of amides is 1. The van der Waals surface area contributed by atoms with E-state index < -0.39 is 17.2 Å². The van der Waals surface area contributed by atoms with Crippen molar-refractivity contribution in [2.75, 3.05) is 5.32 Å². The van der Waals surface area contributed by atoms with Crippen molar-refractivity contribution in [2.45, 2.75) is 40.7 Å². The molecule has 0 bridgehead atoms. The second kappa shape index (κ2) is 7.42. The number of para-hydroxylation sites is 1. The molecule has 0 radical (unpaired) electrons. The quantitative estimate of drug-likeness (QED) is 0.752. The van der Waals surface area contributed by atoms with Gasteiger partial charge < -0.3 is 5.32 Å². The van der Waals surface area contributed by atoms with E-state index in [4.69, 9.17) is 0 Å². The van der Waals surface area contributed by atoms with Gasteiger partial charge in [0.15, 0.2) is 0 Å². The topological polar surface area (TPSA) is 86.0 Å². The molecule has 7 heteroatoms. The molecule has 146 valence electrons. The molecule has 1 aromatic carbocycles. The maximum atomic E-state index is 12.9. The fourth-order valence-corrected chi connectivity index (χ4v) is 3.48. The van der Waals surface area contributed by atoms with Crippen LogP contribution in [0.5, 0.6) is 0 Å². The second-order valence-electron chi connectivity index (χ2n) is 7.02. The van der Waals surface area contributed by atoms with Gasteiger partial charge in [-0.3, -0.25) is 18.7 Å². The van der Waals surface area contributed by atoms with Crippen LogP contribution in [-0.4, -0.2) is 20.0 Å². The molecule has 2 aromatic heterocycles. The van der Waals surface area contributed by atoms with Crippen LogP contribution in [0, 0.1) is 20.8 Å². The third kappa shape index (κ3) is 3.35. The fourth-order valence-electron chi connectivity index (χ4n) is 3.48. The molecule has 0 saturated carbocycles. The summed E-state index contributed by atoms with van der Waals surface area (Å²) in [6, 6.07) is 7.58. The smallest absolute Gasteiger partial charge is 0.324 e. The van der Waals surface area contributed by atoms with Crippen LogP contribution in [-0.2, 0) is 24.8 Å². The van der Waals surface area contributed by atoms with E-state index in [9.17, 15) is 14.4 Å². The molecule has 7 nitrogen and oxygen atoms in total. The number of rotatable bonds is 4. The molecule has 0 aliphatic carbocycles. The zero-order chi connectivity index (χ0) is 20.6. The number of nitrogens with zero attached hydrogens (tertiary/aromatic N) is 3. The Kier molecular flexibility index (Phi) is 5.18. The second-order valence-corrected chi connectivity index (χ2v) is 7.02. The van der Waals surface area contributed by atoms with Crippen molar-refractivity contribution in [3.63, 3.8) is 0 Å². The van der Waals surface area contributed by atoms with E-state index in [0.717, 1.165) is 39.1 Å². The molecule has 1 amide bonds. The van der Waals surface area contributed by atoms with E-state index in [1.165, 1.54) is 4.57 Å². The maximum absolute atomic E-state index is 12.9. The third-order valence-corrected chi connectivity index (χ3v) is 4.93. The number of carbonyl (C=O) groups excluding carboxylic acids is 1. The highest BCUT2D eigenvalue weighted by Crippen LogP contribution is 2.21. The molecule has 0 unspecified atom stereocenters. The van der Waals surface area contributed by atoms with Crippen LogP contribution in [0.25, 0.3) is 11.0 Å². The Labute approximate surface area is 162 Å². The zero-order valence-corrected chi connectivity index (χ0v) is 16.8. The van der Waals surface area contributed by atoms with Gasteiger partial charge in [-0.05, 0) is 49.9 Å². The molecule has 0 saturated heterocycles. The van der Waals surface area contributed by atoms with Gasteiger partial charge in [-0.15, -0.1) is 0 Å². The average molecular weight is 380 g/mol. The SMILES string of the molecule is CCc1cccc(C)c1NC(=O)Cn1c(=O)c2c(C)cc(C)nc2n(C)c1=O. The van der Waals surface area contributed by atoms with E-state index in [2.05, 4.69) is 10.3 Å². The van der Waals surface area contributed by atoms with E-state index in [1.807, 2.05) is 39.0 Å². The molecule has 3 aromatic rings. The number of fused-ring (bicyclic) bond motifs is 1. The lowest BCUT2D eigenvalue weighted by Gasteiger charge is -2.15. The number of hydrogen-bond donors (Lipinski definition) is 1. The standard InChI is InChI=1S/C21H24N4O3/c1-6-15-9-7-8-12(2)18(15)23-16(26)11-25-20(27)17-13(3)10-14(4)22-19(17)24(5)21(25)28/h7-10H,6,11H2,1-5H3,(H,23,26). The number of nitrogens with one attached hydrogen (secondary N) is 1. The number of carbonyl (C=O) groups is 1. The lowest BCUT2D eigenvalue weighted by atomic mass is 10.1. The minimum absolute atomic E-state index is 0.330. The number of benzene rings is 1. The summed E-state index contributed by atoms with van der Waals surface area (Å²) >= 11 is 0. The molecule has 2 heterocycles. The first-order valence-corrected chi connectivity index (χ1v) is 9.20. The maximum Gasteiger partial charge on any atom is 0.332 e. The van der Waals surface area contributed by atoms with Crippen molar-refractivity contribution in [3.05, 3.63) is 67.5 Å². The molecular formula is C21H24N4O3. The van der Waals surface area contributed by atoms with Gasteiger partial charge >= 0.3 is 5.69 Å². The van der Waals surface area contributed by atoms with Gasteiger partial charge in [-0.25, -0.2) is 9.78 Å². The molecule has 1 N–H and O–H groups in total. The van der Waals surface area contributed by atoms with Crippen molar-refractivity contribution in [1.82, 2.24) is 14.1 Å². The van der Waals surface area contributed by atoms with E-state index in [1.54, 1.807) is 20.0 Å². The molecule has 0 aliphatic heterocycles. The Morgan fingerprint density at radius 2 is 1.86 bits per heavy atom. The van der Waals surface area contributed by atoms with Crippen molar-refractivity contribution in [1.29, 1.82) is 0 Å². The summed E-state index contributed by atoms with van der Waals surface area (Å²) in [5, 5.41) is 3.21. The first-order valence-electron chi connectivity index (χ1n) is 9.20. The Hall–Kier alpha value is -3.22. The summed E-state index contributed by atoms with van der Waals surface area (Å²) < 4.78 is 2.28. The summed E-state index contributed by atoms with van der Waals surface area (Å²) in [5.74, 6) is -0.416. The summed E-state index contributed by atoms with van der Waals surface area (Å²) in [4.78, 5) is 42.6.